The van der Waals surface area contributed by atoms with E-state index in [-0.39, 0.29) is 0 Å². The van der Waals surface area contributed by atoms with Crippen molar-refractivity contribution in [3.63, 3.8) is 0 Å². The van der Waals surface area contributed by atoms with Crippen molar-refractivity contribution < 1.29 is 13.5 Å². The minimum absolute atomic E-state index is 0.466. The zero-order chi connectivity index (χ0) is 17.1. The summed E-state index contributed by atoms with van der Waals surface area (Å²) in [5.41, 5.74) is 1.17. The summed E-state index contributed by atoms with van der Waals surface area (Å²) < 4.78 is 24.9. The maximum Gasteiger partial charge on any atom is 0.229 e. The smallest absolute Gasteiger partial charge is 0.229 e. The SMILES string of the molecule is CCCCCCN=CCCC(O)c1cccc(NS(C)(=O)=O)c1. The Balaban J connectivity index is 2.38. The summed E-state index contributed by atoms with van der Waals surface area (Å²) in [7, 11) is -3.31. The van der Waals surface area contributed by atoms with E-state index in [1.807, 2.05) is 6.21 Å². The summed E-state index contributed by atoms with van der Waals surface area (Å²) in [6.07, 6.45) is 8.45. The third-order valence-electron chi connectivity index (χ3n) is 3.41. The van der Waals surface area contributed by atoms with Gasteiger partial charge in [0.05, 0.1) is 12.4 Å². The Labute approximate surface area is 139 Å². The zero-order valence-electron chi connectivity index (χ0n) is 14.0. The zero-order valence-corrected chi connectivity index (χ0v) is 14.8. The van der Waals surface area contributed by atoms with Crippen LogP contribution in [0.4, 0.5) is 5.69 Å². The van der Waals surface area contributed by atoms with Crippen molar-refractivity contribution >= 4 is 21.9 Å². The summed E-state index contributed by atoms with van der Waals surface area (Å²) in [4.78, 5) is 4.35. The molecule has 2 N–H and O–H groups in total. The van der Waals surface area contributed by atoms with Crippen LogP contribution in [0.25, 0.3) is 0 Å². The molecule has 1 aromatic carbocycles. The van der Waals surface area contributed by atoms with Crippen LogP contribution < -0.4 is 4.72 Å². The molecule has 0 aromatic heterocycles. The molecule has 0 aliphatic heterocycles. The molecule has 130 valence electrons. The van der Waals surface area contributed by atoms with Crippen LogP contribution >= 0.6 is 0 Å². The molecule has 1 aromatic rings. The first kappa shape index (κ1) is 19.6. The van der Waals surface area contributed by atoms with Gasteiger partial charge in [0.15, 0.2) is 0 Å². The minimum atomic E-state index is -3.31. The fourth-order valence-corrected chi connectivity index (χ4v) is 2.79. The van der Waals surface area contributed by atoms with Crippen LogP contribution in [0, 0.1) is 0 Å². The Kier molecular flexibility index (Phi) is 8.87. The molecule has 0 radical (unpaired) electrons. The first-order valence-electron chi connectivity index (χ1n) is 8.16. The number of unbranched alkanes of at least 4 members (excludes halogenated alkanes) is 3. The van der Waals surface area contributed by atoms with Gasteiger partial charge in [-0.15, -0.1) is 0 Å². The van der Waals surface area contributed by atoms with Crippen molar-refractivity contribution in [2.45, 2.75) is 51.6 Å². The van der Waals surface area contributed by atoms with Crippen LogP contribution in [0.15, 0.2) is 29.3 Å². The Hall–Kier alpha value is -1.40. The summed E-state index contributed by atoms with van der Waals surface area (Å²) in [5.74, 6) is 0. The van der Waals surface area contributed by atoms with Gasteiger partial charge in [-0.1, -0.05) is 38.3 Å². The molecule has 1 unspecified atom stereocenters. The second kappa shape index (κ2) is 10.4. The Morgan fingerprint density at radius 2 is 2.09 bits per heavy atom. The summed E-state index contributed by atoms with van der Waals surface area (Å²) in [5, 5.41) is 10.2. The quantitative estimate of drug-likeness (QED) is 0.478. The average molecular weight is 340 g/mol. The average Bonchev–Trinajstić information content (AvgIpc) is 2.48. The van der Waals surface area contributed by atoms with Crippen molar-refractivity contribution in [3.05, 3.63) is 29.8 Å². The number of aliphatic hydroxyl groups is 1. The monoisotopic (exact) mass is 340 g/mol. The number of rotatable bonds is 11. The number of hydrogen-bond acceptors (Lipinski definition) is 4. The van der Waals surface area contributed by atoms with Gasteiger partial charge in [0.2, 0.25) is 10.0 Å². The third-order valence-corrected chi connectivity index (χ3v) is 4.02. The number of nitrogens with zero attached hydrogens (tertiary/aromatic N) is 1. The molecule has 23 heavy (non-hydrogen) atoms. The molecule has 0 aliphatic rings. The second-order valence-electron chi connectivity index (χ2n) is 5.74. The minimum Gasteiger partial charge on any atom is -0.388 e. The highest BCUT2D eigenvalue weighted by Gasteiger charge is 2.09. The molecule has 0 saturated carbocycles. The molecule has 6 heteroatoms. The highest BCUT2D eigenvalue weighted by Crippen LogP contribution is 2.21. The van der Waals surface area contributed by atoms with Gasteiger partial charge in [0.25, 0.3) is 0 Å². The molecule has 1 rings (SSSR count). The van der Waals surface area contributed by atoms with Crippen LogP contribution in [0.1, 0.15) is 57.1 Å². The van der Waals surface area contributed by atoms with Crippen LogP contribution in [-0.2, 0) is 10.0 Å². The fourth-order valence-electron chi connectivity index (χ4n) is 2.24. The van der Waals surface area contributed by atoms with Crippen LogP contribution in [-0.4, -0.2) is 32.5 Å². The normalized spacial score (nSPS) is 13.3. The van der Waals surface area contributed by atoms with E-state index in [0.717, 1.165) is 19.2 Å². The molecule has 1 atom stereocenters. The van der Waals surface area contributed by atoms with Crippen molar-refractivity contribution in [1.82, 2.24) is 0 Å². The van der Waals surface area contributed by atoms with Gasteiger partial charge in [-0.3, -0.25) is 9.71 Å². The van der Waals surface area contributed by atoms with Gasteiger partial charge < -0.3 is 5.11 Å². The topological polar surface area (TPSA) is 78.8 Å². The number of anilines is 1. The standard InChI is InChI=1S/C17H28N2O3S/c1-3-4-5-6-12-18-13-8-11-17(20)15-9-7-10-16(14-15)19-23(2,21)22/h7,9-10,13-14,17,19-20H,3-6,8,11-12H2,1-2H3. The molecule has 0 bridgehead atoms. The Morgan fingerprint density at radius 1 is 1.30 bits per heavy atom. The third kappa shape index (κ3) is 9.36. The predicted octanol–water partition coefficient (Wildman–Crippen LogP) is 3.52. The summed E-state index contributed by atoms with van der Waals surface area (Å²) >= 11 is 0. The van der Waals surface area contributed by atoms with Gasteiger partial charge in [-0.05, 0) is 43.2 Å². The van der Waals surface area contributed by atoms with E-state index in [2.05, 4.69) is 16.6 Å². The lowest BCUT2D eigenvalue weighted by molar-refractivity contribution is 0.170. The van der Waals surface area contributed by atoms with E-state index < -0.39 is 16.1 Å². The lowest BCUT2D eigenvalue weighted by Gasteiger charge is -2.11. The second-order valence-corrected chi connectivity index (χ2v) is 7.49. The Bertz CT molecular complexity index is 585. The van der Waals surface area contributed by atoms with Crippen LogP contribution in [0.2, 0.25) is 0 Å². The van der Waals surface area contributed by atoms with Crippen LogP contribution in [0.5, 0.6) is 0 Å². The highest BCUT2D eigenvalue weighted by molar-refractivity contribution is 7.92. The van der Waals surface area contributed by atoms with Gasteiger partial charge in [0.1, 0.15) is 0 Å². The molecule has 5 nitrogen and oxygen atoms in total. The molecule has 0 fully saturated rings. The van der Waals surface area contributed by atoms with Crippen molar-refractivity contribution in [3.8, 4) is 0 Å². The first-order chi connectivity index (χ1) is 10.9. The number of aliphatic imine (C=N–C) groups is 1. The fraction of sp³-hybridized carbons (Fsp3) is 0.588. The van der Waals surface area contributed by atoms with E-state index >= 15 is 0 Å². The highest BCUT2D eigenvalue weighted by atomic mass is 32.2. The van der Waals surface area contributed by atoms with E-state index in [1.54, 1.807) is 24.3 Å². The van der Waals surface area contributed by atoms with Crippen molar-refractivity contribution in [1.29, 1.82) is 0 Å². The number of aliphatic hydroxyl groups excluding tert-OH is 1. The van der Waals surface area contributed by atoms with Gasteiger partial charge >= 0.3 is 0 Å². The number of nitrogens with one attached hydrogen (secondary N) is 1. The van der Waals surface area contributed by atoms with Crippen molar-refractivity contribution in [2.24, 2.45) is 4.99 Å². The summed E-state index contributed by atoms with van der Waals surface area (Å²) in [6.45, 7) is 3.04. The van der Waals surface area contributed by atoms with Crippen molar-refractivity contribution in [2.75, 3.05) is 17.5 Å². The number of sulfonamides is 1. The Morgan fingerprint density at radius 3 is 2.78 bits per heavy atom. The van der Waals surface area contributed by atoms with E-state index in [1.165, 1.54) is 19.3 Å². The predicted molar refractivity (Wildman–Crippen MR) is 96.6 cm³/mol. The van der Waals surface area contributed by atoms with E-state index in [4.69, 9.17) is 0 Å². The lowest BCUT2D eigenvalue weighted by Crippen LogP contribution is -2.10. The maximum atomic E-state index is 11.2. The van der Waals surface area contributed by atoms with Gasteiger partial charge in [-0.2, -0.15) is 0 Å². The molecule has 0 spiro atoms. The lowest BCUT2D eigenvalue weighted by atomic mass is 10.0. The van der Waals surface area contributed by atoms with Gasteiger partial charge in [-0.25, -0.2) is 8.42 Å². The van der Waals surface area contributed by atoms with E-state index in [9.17, 15) is 13.5 Å². The molecule has 0 saturated heterocycles. The largest absolute Gasteiger partial charge is 0.388 e. The van der Waals surface area contributed by atoms with Crippen LogP contribution in [0.3, 0.4) is 0 Å². The first-order valence-corrected chi connectivity index (χ1v) is 10.1. The molecular formula is C17H28N2O3S. The molecule has 0 amide bonds. The van der Waals surface area contributed by atoms with E-state index in [0.29, 0.717) is 24.1 Å². The van der Waals surface area contributed by atoms with Gasteiger partial charge in [0, 0.05) is 12.2 Å². The summed E-state index contributed by atoms with van der Waals surface area (Å²) in [6, 6.07) is 6.84. The number of benzene rings is 1. The number of hydrogen-bond donors (Lipinski definition) is 2. The molecule has 0 aliphatic carbocycles. The molecular weight excluding hydrogens is 312 g/mol. The maximum absolute atomic E-state index is 11.2. The molecule has 0 heterocycles.